The number of carbonyl (C=O) groups is 1. The molecule has 3 aromatic rings. The van der Waals surface area contributed by atoms with Gasteiger partial charge in [0.05, 0.1) is 29.9 Å². The highest BCUT2D eigenvalue weighted by Gasteiger charge is 2.22. The lowest BCUT2D eigenvalue weighted by molar-refractivity contribution is -0.385. The second-order valence-electron chi connectivity index (χ2n) is 5.94. The Bertz CT molecular complexity index is 1000. The minimum atomic E-state index is -0.530. The van der Waals surface area contributed by atoms with E-state index < -0.39 is 10.9 Å². The van der Waals surface area contributed by atoms with E-state index in [-0.39, 0.29) is 29.7 Å². The van der Waals surface area contributed by atoms with Crippen LogP contribution in [0.3, 0.4) is 0 Å². The van der Waals surface area contributed by atoms with E-state index in [2.05, 4.69) is 20.6 Å². The van der Waals surface area contributed by atoms with E-state index in [1.54, 1.807) is 43.3 Å². The standard InChI is InChI=1S/C19H19N5O5/c1-3-28-18(25)13-6-8-14(9-7-13)22-19-21-12(2)16(24(26)27)17(23-19)20-11-15-5-4-10-29-15/h4-10H,3,11H2,1-2H3,(H2,20,21,22,23). The zero-order chi connectivity index (χ0) is 20.8. The van der Waals surface area contributed by atoms with Crippen molar-refractivity contribution in [1.29, 1.82) is 0 Å². The van der Waals surface area contributed by atoms with Gasteiger partial charge in [0.15, 0.2) is 0 Å². The third-order valence-electron chi connectivity index (χ3n) is 3.90. The van der Waals surface area contributed by atoms with Gasteiger partial charge in [0, 0.05) is 5.69 Å². The molecule has 0 radical (unpaired) electrons. The second kappa shape index (κ2) is 8.83. The van der Waals surface area contributed by atoms with Gasteiger partial charge in [0.25, 0.3) is 0 Å². The molecule has 1 aromatic carbocycles. The zero-order valence-corrected chi connectivity index (χ0v) is 15.8. The number of anilines is 3. The number of nitro groups is 1. The van der Waals surface area contributed by atoms with Crippen LogP contribution in [0.4, 0.5) is 23.1 Å². The van der Waals surface area contributed by atoms with Crippen molar-refractivity contribution in [2.75, 3.05) is 17.2 Å². The molecule has 2 N–H and O–H groups in total. The molecule has 2 heterocycles. The number of aryl methyl sites for hydroxylation is 1. The van der Waals surface area contributed by atoms with Crippen LogP contribution in [0.15, 0.2) is 47.1 Å². The van der Waals surface area contributed by atoms with Crippen LogP contribution in [-0.4, -0.2) is 27.5 Å². The monoisotopic (exact) mass is 397 g/mol. The number of rotatable bonds is 8. The third-order valence-corrected chi connectivity index (χ3v) is 3.90. The average Bonchev–Trinajstić information content (AvgIpc) is 3.20. The number of hydrogen-bond acceptors (Lipinski definition) is 9. The number of nitrogens with zero attached hydrogens (tertiary/aromatic N) is 3. The summed E-state index contributed by atoms with van der Waals surface area (Å²) in [4.78, 5) is 31.0. The lowest BCUT2D eigenvalue weighted by atomic mass is 10.2. The number of hydrogen-bond donors (Lipinski definition) is 2. The van der Waals surface area contributed by atoms with Gasteiger partial charge in [0.1, 0.15) is 11.5 Å². The molecule has 0 fully saturated rings. The lowest BCUT2D eigenvalue weighted by Gasteiger charge is -2.10. The molecular formula is C19H19N5O5. The molecule has 150 valence electrons. The number of benzene rings is 1. The largest absolute Gasteiger partial charge is 0.467 e. The van der Waals surface area contributed by atoms with Crippen molar-refractivity contribution in [2.45, 2.75) is 20.4 Å². The van der Waals surface area contributed by atoms with E-state index in [0.29, 0.717) is 23.6 Å². The maximum Gasteiger partial charge on any atom is 0.338 e. The van der Waals surface area contributed by atoms with E-state index in [1.807, 2.05) is 0 Å². The van der Waals surface area contributed by atoms with E-state index in [9.17, 15) is 14.9 Å². The molecule has 29 heavy (non-hydrogen) atoms. The molecule has 0 amide bonds. The molecular weight excluding hydrogens is 378 g/mol. The van der Waals surface area contributed by atoms with E-state index in [0.717, 1.165) is 0 Å². The number of nitrogens with one attached hydrogen (secondary N) is 2. The fourth-order valence-corrected chi connectivity index (χ4v) is 2.58. The molecule has 0 unspecified atom stereocenters. The summed E-state index contributed by atoms with van der Waals surface area (Å²) in [5.41, 5.74) is 1.03. The number of carbonyl (C=O) groups excluding carboxylic acids is 1. The summed E-state index contributed by atoms with van der Waals surface area (Å²) in [5, 5.41) is 17.3. The molecule has 0 saturated carbocycles. The van der Waals surface area contributed by atoms with Gasteiger partial charge in [-0.15, -0.1) is 0 Å². The van der Waals surface area contributed by atoms with Gasteiger partial charge in [-0.3, -0.25) is 10.1 Å². The van der Waals surface area contributed by atoms with E-state index >= 15 is 0 Å². The molecule has 2 aromatic heterocycles. The summed E-state index contributed by atoms with van der Waals surface area (Å²) in [6.07, 6.45) is 1.52. The first kappa shape index (κ1) is 19.8. The van der Waals surface area contributed by atoms with Crippen molar-refractivity contribution in [3.05, 3.63) is 69.8 Å². The summed E-state index contributed by atoms with van der Waals surface area (Å²) in [5.74, 6) is 0.453. The van der Waals surface area contributed by atoms with Gasteiger partial charge >= 0.3 is 11.7 Å². The third kappa shape index (κ3) is 4.86. The number of esters is 1. The van der Waals surface area contributed by atoms with E-state index in [4.69, 9.17) is 9.15 Å². The Morgan fingerprint density at radius 2 is 2.00 bits per heavy atom. The van der Waals surface area contributed by atoms with Gasteiger partial charge in [-0.25, -0.2) is 9.78 Å². The Labute approximate surface area is 166 Å². The maximum absolute atomic E-state index is 11.7. The average molecular weight is 397 g/mol. The molecule has 10 nitrogen and oxygen atoms in total. The minimum Gasteiger partial charge on any atom is -0.467 e. The highest BCUT2D eigenvalue weighted by molar-refractivity contribution is 5.89. The lowest BCUT2D eigenvalue weighted by Crippen LogP contribution is -2.09. The normalized spacial score (nSPS) is 10.4. The molecule has 0 spiro atoms. The summed E-state index contributed by atoms with van der Waals surface area (Å²) in [7, 11) is 0. The predicted molar refractivity (Wildman–Crippen MR) is 105 cm³/mol. The Kier molecular flexibility index (Phi) is 6.03. The quantitative estimate of drug-likeness (QED) is 0.330. The highest BCUT2D eigenvalue weighted by atomic mass is 16.6. The van der Waals surface area contributed by atoms with Crippen LogP contribution in [-0.2, 0) is 11.3 Å². The van der Waals surface area contributed by atoms with Crippen LogP contribution >= 0.6 is 0 Å². The van der Waals surface area contributed by atoms with Gasteiger partial charge in [-0.05, 0) is 50.2 Å². The van der Waals surface area contributed by atoms with Crippen LogP contribution in [0.5, 0.6) is 0 Å². The SMILES string of the molecule is CCOC(=O)c1ccc(Nc2nc(C)c([N+](=O)[O-])c(NCc3ccco3)n2)cc1. The van der Waals surface area contributed by atoms with Crippen molar-refractivity contribution in [2.24, 2.45) is 0 Å². The Hall–Kier alpha value is -3.95. The maximum atomic E-state index is 11.7. The minimum absolute atomic E-state index is 0.0737. The molecule has 0 aliphatic heterocycles. The van der Waals surface area contributed by atoms with Crippen LogP contribution in [0.2, 0.25) is 0 Å². The van der Waals surface area contributed by atoms with Gasteiger partial charge in [-0.2, -0.15) is 4.98 Å². The van der Waals surface area contributed by atoms with Crippen molar-refractivity contribution in [3.8, 4) is 0 Å². The van der Waals surface area contributed by atoms with Crippen molar-refractivity contribution >= 4 is 29.1 Å². The molecule has 0 atom stereocenters. The van der Waals surface area contributed by atoms with Crippen molar-refractivity contribution < 1.29 is 18.9 Å². The summed E-state index contributed by atoms with van der Waals surface area (Å²) in [6.45, 7) is 3.80. The predicted octanol–water partition coefficient (Wildman–Crippen LogP) is 3.82. The summed E-state index contributed by atoms with van der Waals surface area (Å²) in [6, 6.07) is 10.0. The molecule has 3 rings (SSSR count). The highest BCUT2D eigenvalue weighted by Crippen LogP contribution is 2.28. The summed E-state index contributed by atoms with van der Waals surface area (Å²) < 4.78 is 10.2. The molecule has 0 saturated heterocycles. The fraction of sp³-hybridized carbons (Fsp3) is 0.211. The van der Waals surface area contributed by atoms with Crippen molar-refractivity contribution in [1.82, 2.24) is 9.97 Å². The Balaban J connectivity index is 1.81. The van der Waals surface area contributed by atoms with Crippen LogP contribution in [0.25, 0.3) is 0 Å². The van der Waals surface area contributed by atoms with Gasteiger partial charge < -0.3 is 19.8 Å². The van der Waals surface area contributed by atoms with Gasteiger partial charge in [0.2, 0.25) is 11.8 Å². The number of furan rings is 1. The van der Waals surface area contributed by atoms with Crippen LogP contribution in [0.1, 0.15) is 28.7 Å². The topological polar surface area (TPSA) is 132 Å². The molecule has 0 aliphatic rings. The van der Waals surface area contributed by atoms with E-state index in [1.165, 1.54) is 13.2 Å². The summed E-state index contributed by atoms with van der Waals surface area (Å²) >= 11 is 0. The van der Waals surface area contributed by atoms with Crippen molar-refractivity contribution in [3.63, 3.8) is 0 Å². The first-order valence-electron chi connectivity index (χ1n) is 8.81. The molecule has 0 aliphatic carbocycles. The Morgan fingerprint density at radius 1 is 1.24 bits per heavy atom. The molecule has 0 bridgehead atoms. The number of aromatic nitrogens is 2. The first-order valence-corrected chi connectivity index (χ1v) is 8.81. The second-order valence-corrected chi connectivity index (χ2v) is 5.94. The number of ether oxygens (including phenoxy) is 1. The molecule has 10 heteroatoms. The Morgan fingerprint density at radius 3 is 2.62 bits per heavy atom. The zero-order valence-electron chi connectivity index (χ0n) is 15.8. The van der Waals surface area contributed by atoms with Gasteiger partial charge in [-0.1, -0.05) is 0 Å². The van der Waals surface area contributed by atoms with Crippen LogP contribution < -0.4 is 10.6 Å². The smallest absolute Gasteiger partial charge is 0.338 e. The first-order chi connectivity index (χ1) is 14.0. The fourth-order valence-electron chi connectivity index (χ4n) is 2.58. The van der Waals surface area contributed by atoms with Crippen LogP contribution in [0, 0.1) is 17.0 Å².